The summed E-state index contributed by atoms with van der Waals surface area (Å²) in [7, 11) is 1.44. The van der Waals surface area contributed by atoms with E-state index >= 15 is 0 Å². The molecule has 190 valence electrons. The van der Waals surface area contributed by atoms with Gasteiger partial charge in [-0.25, -0.2) is 4.79 Å². The molecule has 3 aromatic rings. The number of carbonyl (C=O) groups is 2. The molecule has 0 aliphatic rings. The zero-order valence-electron chi connectivity index (χ0n) is 19.1. The number of amides is 2. The van der Waals surface area contributed by atoms with Gasteiger partial charge in [0.2, 0.25) is 0 Å². The van der Waals surface area contributed by atoms with E-state index in [9.17, 15) is 37.8 Å². The summed E-state index contributed by atoms with van der Waals surface area (Å²) >= 11 is 0. The number of ether oxygens (including phenoxy) is 1. The standard InChI is InChI=1S/C24H22F3N3O6/c1-13-12-30(2)22(34)20(21(13)33)29-23(35)28-18(11-19(31)32)16-7-3-5-14(9-16)15-6-4-8-17(10-15)36-24(25,26)27/h3-10,12,18,33H,11H2,1-2H3,(H,31,32)(H2,28,29,35). The van der Waals surface area contributed by atoms with Crippen molar-refractivity contribution in [2.24, 2.45) is 7.05 Å². The van der Waals surface area contributed by atoms with E-state index in [0.717, 1.165) is 6.07 Å². The first-order valence-electron chi connectivity index (χ1n) is 10.5. The van der Waals surface area contributed by atoms with Gasteiger partial charge in [-0.05, 0) is 41.8 Å². The first kappa shape index (κ1) is 26.1. The monoisotopic (exact) mass is 505 g/mol. The number of benzene rings is 2. The molecule has 3 rings (SSSR count). The van der Waals surface area contributed by atoms with E-state index in [0.29, 0.717) is 22.3 Å². The van der Waals surface area contributed by atoms with Crippen molar-refractivity contribution in [3.63, 3.8) is 0 Å². The topological polar surface area (TPSA) is 130 Å². The average Bonchev–Trinajstić information content (AvgIpc) is 2.79. The van der Waals surface area contributed by atoms with Gasteiger partial charge in [-0.3, -0.25) is 9.59 Å². The lowest BCUT2D eigenvalue weighted by atomic mass is 9.97. The maximum Gasteiger partial charge on any atom is 0.573 e. The van der Waals surface area contributed by atoms with Crippen LogP contribution in [0, 0.1) is 6.92 Å². The third-order valence-electron chi connectivity index (χ3n) is 5.14. The number of carboxylic acids is 1. The third-order valence-corrected chi connectivity index (χ3v) is 5.14. The van der Waals surface area contributed by atoms with Crippen molar-refractivity contribution in [3.8, 4) is 22.6 Å². The zero-order chi connectivity index (χ0) is 26.6. The van der Waals surface area contributed by atoms with Gasteiger partial charge in [-0.15, -0.1) is 13.2 Å². The summed E-state index contributed by atoms with van der Waals surface area (Å²) in [6, 6.07) is 9.43. The van der Waals surface area contributed by atoms with E-state index in [4.69, 9.17) is 0 Å². The lowest BCUT2D eigenvalue weighted by Gasteiger charge is -2.19. The molecule has 2 amide bonds. The minimum atomic E-state index is -4.86. The average molecular weight is 505 g/mol. The molecule has 1 atom stereocenters. The molecule has 0 saturated heterocycles. The smallest absolute Gasteiger partial charge is 0.505 e. The number of carbonyl (C=O) groups excluding carboxylic acids is 1. The third kappa shape index (κ3) is 6.56. The number of pyridine rings is 1. The number of halogens is 3. The summed E-state index contributed by atoms with van der Waals surface area (Å²) in [5.74, 6) is -2.09. The van der Waals surface area contributed by atoms with Crippen LogP contribution in [-0.4, -0.2) is 33.1 Å². The second-order valence-corrected chi connectivity index (χ2v) is 7.90. The van der Waals surface area contributed by atoms with Gasteiger partial charge in [-0.1, -0.05) is 30.3 Å². The van der Waals surface area contributed by atoms with Crippen LogP contribution in [0.5, 0.6) is 11.5 Å². The van der Waals surface area contributed by atoms with Crippen LogP contribution in [0.3, 0.4) is 0 Å². The number of aromatic hydroxyl groups is 1. The number of aryl methyl sites for hydroxylation is 2. The van der Waals surface area contributed by atoms with Crippen LogP contribution in [0.25, 0.3) is 11.1 Å². The molecule has 1 heterocycles. The molecule has 4 N–H and O–H groups in total. The second-order valence-electron chi connectivity index (χ2n) is 7.90. The molecule has 2 aromatic carbocycles. The Morgan fingerprint density at radius 2 is 1.75 bits per heavy atom. The Morgan fingerprint density at radius 3 is 2.39 bits per heavy atom. The summed E-state index contributed by atoms with van der Waals surface area (Å²) in [6.07, 6.45) is -4.02. The number of aromatic nitrogens is 1. The lowest BCUT2D eigenvalue weighted by Crippen LogP contribution is -2.36. The molecular formula is C24H22F3N3O6. The molecule has 0 spiro atoms. The highest BCUT2D eigenvalue weighted by atomic mass is 19.4. The molecule has 36 heavy (non-hydrogen) atoms. The predicted octanol–water partition coefficient (Wildman–Crippen LogP) is 4.30. The molecule has 12 heteroatoms. The molecule has 0 saturated carbocycles. The summed E-state index contributed by atoms with van der Waals surface area (Å²) in [6.45, 7) is 1.53. The van der Waals surface area contributed by atoms with Gasteiger partial charge in [0, 0.05) is 18.8 Å². The van der Waals surface area contributed by atoms with Gasteiger partial charge in [0.1, 0.15) is 11.5 Å². The fourth-order valence-electron chi connectivity index (χ4n) is 3.54. The Morgan fingerprint density at radius 1 is 1.11 bits per heavy atom. The highest BCUT2D eigenvalue weighted by Crippen LogP contribution is 2.30. The van der Waals surface area contributed by atoms with Crippen LogP contribution in [-0.2, 0) is 11.8 Å². The van der Waals surface area contributed by atoms with Gasteiger partial charge in [0.25, 0.3) is 5.56 Å². The minimum Gasteiger partial charge on any atom is -0.505 e. The number of nitrogens with one attached hydrogen (secondary N) is 2. The summed E-state index contributed by atoms with van der Waals surface area (Å²) in [4.78, 5) is 36.4. The van der Waals surface area contributed by atoms with Gasteiger partial charge >= 0.3 is 18.4 Å². The van der Waals surface area contributed by atoms with Gasteiger partial charge in [0.15, 0.2) is 5.69 Å². The minimum absolute atomic E-state index is 0.332. The second kappa shape index (κ2) is 10.4. The number of anilines is 1. The van der Waals surface area contributed by atoms with E-state index < -0.39 is 47.9 Å². The first-order valence-corrected chi connectivity index (χ1v) is 10.5. The molecule has 0 bridgehead atoms. The quantitative estimate of drug-likeness (QED) is 0.379. The largest absolute Gasteiger partial charge is 0.573 e. The van der Waals surface area contributed by atoms with Crippen LogP contribution in [0.15, 0.2) is 59.5 Å². The Hall–Kier alpha value is -4.48. The zero-order valence-corrected chi connectivity index (χ0v) is 19.1. The molecular weight excluding hydrogens is 483 g/mol. The Kier molecular flexibility index (Phi) is 7.56. The van der Waals surface area contributed by atoms with Crippen LogP contribution < -0.4 is 20.9 Å². The highest BCUT2D eigenvalue weighted by molar-refractivity contribution is 5.91. The number of carboxylic acid groups (broad SMARTS) is 1. The van der Waals surface area contributed by atoms with Crippen molar-refractivity contribution < 1.29 is 37.7 Å². The van der Waals surface area contributed by atoms with Crippen LogP contribution in [0.1, 0.15) is 23.6 Å². The fourth-order valence-corrected chi connectivity index (χ4v) is 3.54. The van der Waals surface area contributed by atoms with Crippen LogP contribution in [0.4, 0.5) is 23.7 Å². The highest BCUT2D eigenvalue weighted by Gasteiger charge is 2.31. The van der Waals surface area contributed by atoms with Gasteiger partial charge in [0.05, 0.1) is 12.5 Å². The number of nitrogens with zero attached hydrogens (tertiary/aromatic N) is 1. The van der Waals surface area contributed by atoms with Crippen LogP contribution >= 0.6 is 0 Å². The summed E-state index contributed by atoms with van der Waals surface area (Å²) in [5, 5.41) is 24.2. The van der Waals surface area contributed by atoms with Crippen molar-refractivity contribution in [3.05, 3.63) is 76.2 Å². The number of alkyl halides is 3. The van der Waals surface area contributed by atoms with Gasteiger partial charge in [-0.2, -0.15) is 0 Å². The van der Waals surface area contributed by atoms with Crippen molar-refractivity contribution >= 4 is 17.7 Å². The summed E-state index contributed by atoms with van der Waals surface area (Å²) < 4.78 is 42.8. The van der Waals surface area contributed by atoms with E-state index in [2.05, 4.69) is 15.4 Å². The number of aliphatic carboxylic acids is 1. The van der Waals surface area contributed by atoms with E-state index in [-0.39, 0.29) is 5.69 Å². The molecule has 9 nitrogen and oxygen atoms in total. The van der Waals surface area contributed by atoms with Gasteiger partial charge < -0.3 is 30.2 Å². The van der Waals surface area contributed by atoms with E-state index in [1.165, 1.54) is 49.0 Å². The number of rotatable bonds is 7. The van der Waals surface area contributed by atoms with E-state index in [1.807, 2.05) is 0 Å². The van der Waals surface area contributed by atoms with Crippen molar-refractivity contribution in [1.82, 2.24) is 9.88 Å². The lowest BCUT2D eigenvalue weighted by molar-refractivity contribution is -0.274. The molecule has 1 unspecified atom stereocenters. The van der Waals surface area contributed by atoms with E-state index in [1.54, 1.807) is 18.2 Å². The van der Waals surface area contributed by atoms with Crippen LogP contribution in [0.2, 0.25) is 0 Å². The predicted molar refractivity (Wildman–Crippen MR) is 124 cm³/mol. The Bertz CT molecular complexity index is 1350. The Balaban J connectivity index is 1.88. The van der Waals surface area contributed by atoms with Crippen molar-refractivity contribution in [2.45, 2.75) is 25.7 Å². The molecule has 0 aliphatic carbocycles. The molecule has 0 aliphatic heterocycles. The maximum absolute atomic E-state index is 12.6. The molecule has 0 fully saturated rings. The number of hydrogen-bond donors (Lipinski definition) is 4. The normalized spacial score (nSPS) is 12.0. The molecule has 0 radical (unpaired) electrons. The Labute approximate surface area is 202 Å². The van der Waals surface area contributed by atoms with Crippen molar-refractivity contribution in [1.29, 1.82) is 0 Å². The number of hydrogen-bond acceptors (Lipinski definition) is 5. The molecule has 1 aromatic heterocycles. The van der Waals surface area contributed by atoms with Crippen molar-refractivity contribution in [2.75, 3.05) is 5.32 Å². The summed E-state index contributed by atoms with van der Waals surface area (Å²) in [5.41, 5.74) is 0.436. The maximum atomic E-state index is 12.6. The SMILES string of the molecule is Cc1cn(C)c(=O)c(NC(=O)NC(CC(=O)O)c2cccc(-c3cccc(OC(F)(F)F)c3)c2)c1O. The number of urea groups is 1. The first-order chi connectivity index (χ1) is 16.8. The fraction of sp³-hybridized carbons (Fsp3) is 0.208.